The van der Waals surface area contributed by atoms with E-state index in [0.717, 1.165) is 25.9 Å². The molecule has 1 unspecified atom stereocenters. The van der Waals surface area contributed by atoms with E-state index in [-0.39, 0.29) is 23.0 Å². The topological polar surface area (TPSA) is 75.4 Å². The van der Waals surface area contributed by atoms with E-state index in [2.05, 4.69) is 16.5 Å². The fraction of sp³-hybridized carbons (Fsp3) is 0.571. The Morgan fingerprint density at radius 1 is 1.48 bits per heavy atom. The molecule has 118 valence electrons. The number of halogens is 1. The lowest BCUT2D eigenvalue weighted by Crippen LogP contribution is -2.40. The molecule has 1 aliphatic heterocycles. The van der Waals surface area contributed by atoms with Gasteiger partial charge in [-0.3, -0.25) is 4.90 Å². The van der Waals surface area contributed by atoms with Gasteiger partial charge in [0.15, 0.2) is 0 Å². The predicted octanol–water partition coefficient (Wildman–Crippen LogP) is 1.05. The van der Waals surface area contributed by atoms with Crippen molar-refractivity contribution in [2.75, 3.05) is 19.6 Å². The summed E-state index contributed by atoms with van der Waals surface area (Å²) in [7, 11) is -3.74. The second kappa shape index (κ2) is 6.83. The summed E-state index contributed by atoms with van der Waals surface area (Å²) in [6.07, 6.45) is 2.05. The van der Waals surface area contributed by atoms with E-state index in [0.29, 0.717) is 6.54 Å². The summed E-state index contributed by atoms with van der Waals surface area (Å²) in [5.74, 6) is -0.587. The molecule has 0 aliphatic carbocycles. The molecule has 7 heteroatoms. The van der Waals surface area contributed by atoms with Gasteiger partial charge in [-0.2, -0.15) is 0 Å². The first-order chi connectivity index (χ1) is 9.99. The fourth-order valence-corrected chi connectivity index (χ4v) is 4.15. The number of sulfonamides is 1. The van der Waals surface area contributed by atoms with Gasteiger partial charge in [-0.05, 0) is 38.1 Å². The monoisotopic (exact) mass is 315 g/mol. The summed E-state index contributed by atoms with van der Waals surface area (Å²) in [6, 6.07) is 4.20. The number of nitrogens with one attached hydrogen (secondary N) is 1. The van der Waals surface area contributed by atoms with Crippen LogP contribution in [0.2, 0.25) is 0 Å². The van der Waals surface area contributed by atoms with Gasteiger partial charge in [0.25, 0.3) is 0 Å². The van der Waals surface area contributed by atoms with Gasteiger partial charge in [0.1, 0.15) is 5.82 Å². The smallest absolute Gasteiger partial charge is 0.241 e. The number of hydrogen-bond acceptors (Lipinski definition) is 4. The molecule has 1 heterocycles. The molecule has 1 aromatic rings. The lowest BCUT2D eigenvalue weighted by molar-refractivity contribution is 0.268. The maximum absolute atomic E-state index is 13.7. The first kappa shape index (κ1) is 16.4. The minimum Gasteiger partial charge on any atom is -0.326 e. The fourth-order valence-electron chi connectivity index (χ4n) is 2.82. The van der Waals surface area contributed by atoms with Crippen LogP contribution in [0.15, 0.2) is 23.1 Å². The summed E-state index contributed by atoms with van der Waals surface area (Å²) in [4.78, 5) is 2.18. The molecule has 0 spiro atoms. The quantitative estimate of drug-likeness (QED) is 0.823. The van der Waals surface area contributed by atoms with Crippen LogP contribution in [0.3, 0.4) is 0 Å². The average Bonchev–Trinajstić information content (AvgIpc) is 2.92. The van der Waals surface area contributed by atoms with Crippen LogP contribution < -0.4 is 10.5 Å². The molecular weight excluding hydrogens is 293 g/mol. The summed E-state index contributed by atoms with van der Waals surface area (Å²) < 4.78 is 41.0. The van der Waals surface area contributed by atoms with Crippen LogP contribution >= 0.6 is 0 Å². The third-order valence-electron chi connectivity index (χ3n) is 3.98. The van der Waals surface area contributed by atoms with Crippen molar-refractivity contribution >= 4 is 10.0 Å². The van der Waals surface area contributed by atoms with Crippen molar-refractivity contribution in [1.29, 1.82) is 0 Å². The largest absolute Gasteiger partial charge is 0.326 e. The van der Waals surface area contributed by atoms with E-state index in [1.807, 2.05) is 0 Å². The van der Waals surface area contributed by atoms with E-state index in [1.165, 1.54) is 18.2 Å². The summed E-state index contributed by atoms with van der Waals surface area (Å²) >= 11 is 0. The van der Waals surface area contributed by atoms with E-state index < -0.39 is 15.8 Å². The van der Waals surface area contributed by atoms with Crippen molar-refractivity contribution in [2.45, 2.75) is 37.2 Å². The van der Waals surface area contributed by atoms with Crippen LogP contribution in [0.5, 0.6) is 0 Å². The van der Waals surface area contributed by atoms with Gasteiger partial charge >= 0.3 is 0 Å². The van der Waals surface area contributed by atoms with Crippen molar-refractivity contribution < 1.29 is 12.8 Å². The second-order valence-corrected chi connectivity index (χ2v) is 6.93. The van der Waals surface area contributed by atoms with Gasteiger partial charge < -0.3 is 5.73 Å². The molecular formula is C14H22FN3O2S. The first-order valence-electron chi connectivity index (χ1n) is 7.20. The SMILES string of the molecule is CCN1CCCC1CNS(=O)(=O)c1cccc(F)c1CN. The van der Waals surface area contributed by atoms with Crippen LogP contribution in [0.1, 0.15) is 25.3 Å². The van der Waals surface area contributed by atoms with E-state index in [4.69, 9.17) is 5.73 Å². The first-order valence-corrected chi connectivity index (χ1v) is 8.69. The average molecular weight is 315 g/mol. The normalized spacial score (nSPS) is 20.0. The number of nitrogens with two attached hydrogens (primary N) is 1. The van der Waals surface area contributed by atoms with Gasteiger partial charge in [-0.25, -0.2) is 17.5 Å². The van der Waals surface area contributed by atoms with E-state index >= 15 is 0 Å². The maximum atomic E-state index is 13.7. The Bertz CT molecular complexity index is 592. The minimum absolute atomic E-state index is 0.0313. The molecule has 3 N–H and O–H groups in total. The number of benzene rings is 1. The Morgan fingerprint density at radius 3 is 2.90 bits per heavy atom. The molecule has 0 radical (unpaired) electrons. The second-order valence-electron chi connectivity index (χ2n) is 5.20. The molecule has 5 nitrogen and oxygen atoms in total. The number of likely N-dealkylation sites (tertiary alicyclic amines) is 1. The standard InChI is InChI=1S/C14H22FN3O2S/c1-2-18-8-4-5-11(18)10-17-21(19,20)14-7-3-6-13(15)12(14)9-16/h3,6-7,11,17H,2,4-5,8-10,16H2,1H3. The van der Waals surface area contributed by atoms with Gasteiger partial charge in [0, 0.05) is 24.7 Å². The number of rotatable bonds is 6. The molecule has 1 aromatic carbocycles. The van der Waals surface area contributed by atoms with Crippen molar-refractivity contribution in [3.8, 4) is 0 Å². The lowest BCUT2D eigenvalue weighted by atomic mass is 10.2. The van der Waals surface area contributed by atoms with Crippen LogP contribution in [0, 0.1) is 5.82 Å². The molecule has 0 bridgehead atoms. The highest BCUT2D eigenvalue weighted by Crippen LogP contribution is 2.20. The molecule has 0 saturated carbocycles. The molecule has 1 saturated heterocycles. The van der Waals surface area contributed by atoms with Crippen molar-refractivity contribution in [3.63, 3.8) is 0 Å². The highest BCUT2D eigenvalue weighted by Gasteiger charge is 2.26. The third-order valence-corrected chi connectivity index (χ3v) is 5.49. The molecule has 2 rings (SSSR count). The lowest BCUT2D eigenvalue weighted by Gasteiger charge is -2.23. The number of nitrogens with zero attached hydrogens (tertiary/aromatic N) is 1. The predicted molar refractivity (Wildman–Crippen MR) is 79.7 cm³/mol. The van der Waals surface area contributed by atoms with E-state index in [1.54, 1.807) is 0 Å². The van der Waals surface area contributed by atoms with Crippen molar-refractivity contribution in [1.82, 2.24) is 9.62 Å². The van der Waals surface area contributed by atoms with Crippen molar-refractivity contribution in [3.05, 3.63) is 29.6 Å². The molecule has 0 aromatic heterocycles. The zero-order valence-electron chi connectivity index (χ0n) is 12.2. The molecule has 1 atom stereocenters. The maximum Gasteiger partial charge on any atom is 0.241 e. The van der Waals surface area contributed by atoms with Gasteiger partial charge in [-0.1, -0.05) is 13.0 Å². The Hall–Kier alpha value is -1.02. The van der Waals surface area contributed by atoms with E-state index in [9.17, 15) is 12.8 Å². The zero-order chi connectivity index (χ0) is 15.5. The third kappa shape index (κ3) is 3.60. The summed E-state index contributed by atoms with van der Waals surface area (Å²) in [5, 5.41) is 0. The zero-order valence-corrected chi connectivity index (χ0v) is 13.0. The highest BCUT2D eigenvalue weighted by molar-refractivity contribution is 7.89. The number of likely N-dealkylation sites (N-methyl/N-ethyl adjacent to an activating group) is 1. The van der Waals surface area contributed by atoms with Crippen LogP contribution in [0.4, 0.5) is 4.39 Å². The van der Waals surface area contributed by atoms with Gasteiger partial charge in [0.05, 0.1) is 4.90 Å². The molecule has 0 amide bonds. The highest BCUT2D eigenvalue weighted by atomic mass is 32.2. The van der Waals surface area contributed by atoms with Gasteiger partial charge in [0.2, 0.25) is 10.0 Å². The van der Waals surface area contributed by atoms with Crippen LogP contribution in [-0.4, -0.2) is 39.0 Å². The van der Waals surface area contributed by atoms with Crippen LogP contribution in [0.25, 0.3) is 0 Å². The van der Waals surface area contributed by atoms with Crippen molar-refractivity contribution in [2.24, 2.45) is 5.73 Å². The molecule has 1 fully saturated rings. The molecule has 21 heavy (non-hydrogen) atoms. The molecule has 1 aliphatic rings. The van der Waals surface area contributed by atoms with Crippen LogP contribution in [-0.2, 0) is 16.6 Å². The Morgan fingerprint density at radius 2 is 2.24 bits per heavy atom. The Balaban J connectivity index is 2.14. The number of hydrogen-bond donors (Lipinski definition) is 2. The summed E-state index contributed by atoms with van der Waals surface area (Å²) in [6.45, 7) is 4.16. The summed E-state index contributed by atoms with van der Waals surface area (Å²) in [5.41, 5.74) is 5.50. The minimum atomic E-state index is -3.74. The van der Waals surface area contributed by atoms with Gasteiger partial charge in [-0.15, -0.1) is 0 Å². The Labute approximate surface area is 125 Å². The Kier molecular flexibility index (Phi) is 5.32.